The first-order valence-corrected chi connectivity index (χ1v) is 4.17. The highest BCUT2D eigenvalue weighted by Gasteiger charge is 1.83. The molecule has 0 amide bonds. The second-order valence-corrected chi connectivity index (χ2v) is 2.59. The zero-order valence-electron chi connectivity index (χ0n) is 7.31. The molecule has 1 aromatic rings. The van der Waals surface area contributed by atoms with Gasteiger partial charge >= 0.3 is 0 Å². The summed E-state index contributed by atoms with van der Waals surface area (Å²) >= 11 is 0. The first kappa shape index (κ1) is 9.46. The molecular weight excluding hydrogens is 160 g/mol. The van der Waals surface area contributed by atoms with Crippen LogP contribution in [0.4, 0.5) is 0 Å². The monoisotopic (exact) mass is 171 g/mol. The van der Waals surface area contributed by atoms with Crippen molar-refractivity contribution >= 4 is 6.29 Å². The van der Waals surface area contributed by atoms with Crippen molar-refractivity contribution in [2.24, 2.45) is 0 Å². The van der Waals surface area contributed by atoms with Gasteiger partial charge < -0.3 is 0 Å². The Balaban J connectivity index is 2.39. The Morgan fingerprint density at radius 1 is 1.15 bits per heavy atom. The predicted molar refractivity (Wildman–Crippen MR) is 54.1 cm³/mol. The van der Waals surface area contributed by atoms with Gasteiger partial charge in [-0.3, -0.25) is 4.79 Å². The lowest BCUT2D eigenvalue weighted by atomic mass is 10.1. The summed E-state index contributed by atoms with van der Waals surface area (Å²) < 4.78 is 0. The number of carbonyl (C=O) groups excluding carboxylic acids is 1. The van der Waals surface area contributed by atoms with Crippen molar-refractivity contribution in [1.82, 2.24) is 0 Å². The fraction of sp³-hybridized carbons (Fsp3) is 0.0833. The molecule has 0 atom stereocenters. The molecule has 0 saturated carbocycles. The lowest BCUT2D eigenvalue weighted by molar-refractivity contribution is 0.564. The van der Waals surface area contributed by atoms with E-state index in [2.05, 4.69) is 12.1 Å². The maximum Gasteiger partial charge on any atom is 0.225 e. The van der Waals surface area contributed by atoms with E-state index in [1.807, 2.05) is 30.4 Å². The van der Waals surface area contributed by atoms with Crippen LogP contribution in [0.25, 0.3) is 0 Å². The Bertz CT molecular complexity index is 296. The molecule has 13 heavy (non-hydrogen) atoms. The Labute approximate surface area is 78.4 Å². The summed E-state index contributed by atoms with van der Waals surface area (Å²) in [4.78, 5) is 9.79. The molecule has 0 aliphatic carbocycles. The van der Waals surface area contributed by atoms with Gasteiger partial charge in [0.05, 0.1) is 0 Å². The molecule has 1 nitrogen and oxygen atoms in total. The lowest BCUT2D eigenvalue weighted by Gasteiger charge is -1.92. The van der Waals surface area contributed by atoms with E-state index in [4.69, 9.17) is 0 Å². The van der Waals surface area contributed by atoms with Crippen LogP contribution in [0.15, 0.2) is 54.6 Å². The van der Waals surface area contributed by atoms with Gasteiger partial charge in [-0.15, -0.1) is 0 Å². The minimum atomic E-state index is 0.893. The summed E-state index contributed by atoms with van der Waals surface area (Å²) in [7, 11) is 0. The summed E-state index contributed by atoms with van der Waals surface area (Å²) in [5, 5.41) is 0. The van der Waals surface area contributed by atoms with Crippen LogP contribution in [-0.4, -0.2) is 6.29 Å². The van der Waals surface area contributed by atoms with E-state index >= 15 is 0 Å². The summed E-state index contributed by atoms with van der Waals surface area (Å²) in [5.74, 6) is 0. The minimum absolute atomic E-state index is 0.893. The molecule has 0 heterocycles. The van der Waals surface area contributed by atoms with Crippen LogP contribution in [0.5, 0.6) is 0 Å². The molecule has 0 N–H and O–H groups in total. The highest BCUT2D eigenvalue weighted by atomic mass is 16.1. The minimum Gasteiger partial charge on any atom is -0.286 e. The zero-order valence-corrected chi connectivity index (χ0v) is 7.31. The van der Waals surface area contributed by atoms with Crippen molar-refractivity contribution in [3.05, 3.63) is 60.2 Å². The smallest absolute Gasteiger partial charge is 0.225 e. The van der Waals surface area contributed by atoms with Crippen molar-refractivity contribution in [2.45, 2.75) is 6.42 Å². The topological polar surface area (TPSA) is 17.1 Å². The second kappa shape index (κ2) is 5.95. The summed E-state index contributed by atoms with van der Waals surface area (Å²) in [6, 6.07) is 10.2. The van der Waals surface area contributed by atoms with Crippen LogP contribution in [-0.2, 0) is 11.2 Å². The van der Waals surface area contributed by atoms with Gasteiger partial charge in [-0.05, 0) is 18.1 Å². The Morgan fingerprint density at radius 2 is 1.92 bits per heavy atom. The van der Waals surface area contributed by atoms with E-state index in [9.17, 15) is 4.79 Å². The van der Waals surface area contributed by atoms with Crippen LogP contribution in [0, 0.1) is 0 Å². The highest BCUT2D eigenvalue weighted by Crippen LogP contribution is 1.99. The first-order valence-electron chi connectivity index (χ1n) is 4.17. The summed E-state index contributed by atoms with van der Waals surface area (Å²) in [6.07, 6.45) is 9.45. The molecule has 0 bridgehead atoms. The van der Waals surface area contributed by atoms with E-state index in [-0.39, 0.29) is 0 Å². The molecule has 0 unspecified atom stereocenters. The fourth-order valence-electron chi connectivity index (χ4n) is 0.992. The number of hydrogen-bond acceptors (Lipinski definition) is 1. The zero-order chi connectivity index (χ0) is 9.36. The fourth-order valence-corrected chi connectivity index (χ4v) is 0.992. The molecule has 0 fully saturated rings. The molecule has 0 spiro atoms. The maximum absolute atomic E-state index is 9.79. The molecule has 0 aliphatic rings. The van der Waals surface area contributed by atoms with Crippen LogP contribution in [0.3, 0.4) is 0 Å². The standard InChI is InChI=1S/C12H11O/c13-11-7-2-1-4-8-12-9-5-3-6-10-12/h1-7,9-10H,8H2/b4-1+,7-2+. The van der Waals surface area contributed by atoms with Gasteiger partial charge in [-0.25, -0.2) is 0 Å². The Hall–Kier alpha value is -1.63. The third-order valence-corrected chi connectivity index (χ3v) is 1.61. The molecule has 1 rings (SSSR count). The third-order valence-electron chi connectivity index (χ3n) is 1.61. The molecule has 1 aromatic carbocycles. The van der Waals surface area contributed by atoms with Crippen LogP contribution < -0.4 is 0 Å². The average Bonchev–Trinajstić information content (AvgIpc) is 2.19. The largest absolute Gasteiger partial charge is 0.286 e. The molecule has 65 valence electrons. The van der Waals surface area contributed by atoms with E-state index in [1.165, 1.54) is 11.6 Å². The van der Waals surface area contributed by atoms with E-state index in [1.54, 1.807) is 12.4 Å². The Kier molecular flexibility index (Phi) is 4.33. The van der Waals surface area contributed by atoms with Crippen LogP contribution >= 0.6 is 0 Å². The first-order chi connectivity index (χ1) is 6.43. The molecular formula is C12H11O. The van der Waals surface area contributed by atoms with Crippen LogP contribution in [0.2, 0.25) is 0 Å². The number of allylic oxidation sites excluding steroid dienone is 4. The van der Waals surface area contributed by atoms with Gasteiger partial charge in [-0.2, -0.15) is 0 Å². The second-order valence-electron chi connectivity index (χ2n) is 2.59. The quantitative estimate of drug-likeness (QED) is 0.502. The van der Waals surface area contributed by atoms with Crippen molar-refractivity contribution < 1.29 is 4.79 Å². The summed E-state index contributed by atoms with van der Waals surface area (Å²) in [5.41, 5.74) is 1.27. The molecule has 0 aliphatic heterocycles. The third kappa shape index (κ3) is 4.06. The van der Waals surface area contributed by atoms with Gasteiger partial charge in [0.15, 0.2) is 0 Å². The van der Waals surface area contributed by atoms with Crippen molar-refractivity contribution in [3.63, 3.8) is 0 Å². The van der Waals surface area contributed by atoms with Gasteiger partial charge in [0.2, 0.25) is 6.29 Å². The Morgan fingerprint density at radius 3 is 2.62 bits per heavy atom. The van der Waals surface area contributed by atoms with Gasteiger partial charge in [0.1, 0.15) is 0 Å². The van der Waals surface area contributed by atoms with E-state index in [0.29, 0.717) is 0 Å². The SMILES string of the molecule is O=[C]/C=C/C=C/Cc1ccccc1. The van der Waals surface area contributed by atoms with Gasteiger partial charge in [0, 0.05) is 0 Å². The predicted octanol–water partition coefficient (Wildman–Crippen LogP) is 2.45. The number of benzene rings is 1. The molecule has 1 heteroatoms. The van der Waals surface area contributed by atoms with Gasteiger partial charge in [0.25, 0.3) is 0 Å². The molecule has 0 saturated heterocycles. The van der Waals surface area contributed by atoms with Gasteiger partial charge in [-0.1, -0.05) is 48.6 Å². The molecule has 0 aromatic heterocycles. The van der Waals surface area contributed by atoms with Crippen molar-refractivity contribution in [3.8, 4) is 0 Å². The highest BCUT2D eigenvalue weighted by molar-refractivity contribution is 5.66. The lowest BCUT2D eigenvalue weighted by Crippen LogP contribution is -1.77. The molecule has 1 radical (unpaired) electrons. The van der Waals surface area contributed by atoms with Crippen molar-refractivity contribution in [2.75, 3.05) is 0 Å². The average molecular weight is 171 g/mol. The van der Waals surface area contributed by atoms with Crippen LogP contribution in [0.1, 0.15) is 5.56 Å². The van der Waals surface area contributed by atoms with E-state index < -0.39 is 0 Å². The maximum atomic E-state index is 9.79. The van der Waals surface area contributed by atoms with Crippen molar-refractivity contribution in [1.29, 1.82) is 0 Å². The summed E-state index contributed by atoms with van der Waals surface area (Å²) in [6.45, 7) is 0. The normalized spacial score (nSPS) is 11.1. The van der Waals surface area contributed by atoms with E-state index in [0.717, 1.165) is 6.42 Å². The number of rotatable bonds is 4. The number of hydrogen-bond donors (Lipinski definition) is 0.